The van der Waals surface area contributed by atoms with Crippen molar-refractivity contribution in [2.75, 3.05) is 38.0 Å². The normalized spacial score (nSPS) is 10.3. The molecule has 0 amide bonds. The highest BCUT2D eigenvalue weighted by molar-refractivity contribution is 5.44. The van der Waals surface area contributed by atoms with E-state index < -0.39 is 0 Å². The van der Waals surface area contributed by atoms with Gasteiger partial charge in [-0.1, -0.05) is 19.4 Å². The minimum atomic E-state index is 0.505. The molecule has 2 aromatic rings. The lowest BCUT2D eigenvalue weighted by atomic mass is 10.2. The van der Waals surface area contributed by atoms with E-state index in [4.69, 9.17) is 9.47 Å². The van der Waals surface area contributed by atoms with E-state index in [0.717, 1.165) is 30.8 Å². The van der Waals surface area contributed by atoms with E-state index in [-0.39, 0.29) is 0 Å². The number of ether oxygens (including phenoxy) is 2. The Morgan fingerprint density at radius 2 is 1.96 bits per heavy atom. The molecule has 0 radical (unpaired) electrons. The van der Waals surface area contributed by atoms with Crippen LogP contribution in [0.3, 0.4) is 0 Å². The smallest absolute Gasteiger partial charge is 0.244 e. The minimum absolute atomic E-state index is 0.505. The van der Waals surface area contributed by atoms with Gasteiger partial charge in [-0.25, -0.2) is 0 Å². The summed E-state index contributed by atoms with van der Waals surface area (Å²) in [7, 11) is 5.26. The molecule has 0 bridgehead atoms. The summed E-state index contributed by atoms with van der Waals surface area (Å²) >= 11 is 0. The molecule has 7 heteroatoms. The lowest BCUT2D eigenvalue weighted by molar-refractivity contribution is 0.354. The molecule has 0 unspecified atom stereocenters. The van der Waals surface area contributed by atoms with Gasteiger partial charge in [0, 0.05) is 20.1 Å². The van der Waals surface area contributed by atoms with Crippen molar-refractivity contribution in [2.45, 2.75) is 26.3 Å². The first kappa shape index (κ1) is 17.8. The zero-order chi connectivity index (χ0) is 17.4. The van der Waals surface area contributed by atoms with Crippen LogP contribution in [0.25, 0.3) is 0 Å². The van der Waals surface area contributed by atoms with E-state index in [9.17, 15) is 0 Å². The number of aromatic nitrogens is 3. The van der Waals surface area contributed by atoms with Gasteiger partial charge >= 0.3 is 0 Å². The Kier molecular flexibility index (Phi) is 6.60. The van der Waals surface area contributed by atoms with Gasteiger partial charge in [-0.2, -0.15) is 10.1 Å². The molecule has 1 aromatic carbocycles. The number of anilines is 2. The average molecular weight is 331 g/mol. The van der Waals surface area contributed by atoms with E-state index in [1.165, 1.54) is 0 Å². The second-order valence-electron chi connectivity index (χ2n) is 5.46. The van der Waals surface area contributed by atoms with Crippen molar-refractivity contribution in [3.05, 3.63) is 30.0 Å². The largest absolute Gasteiger partial charge is 0.493 e. The first-order chi connectivity index (χ1) is 11.7. The van der Waals surface area contributed by atoms with Gasteiger partial charge in [-0.05, 0) is 24.1 Å². The van der Waals surface area contributed by atoms with Crippen LogP contribution < -0.4 is 19.7 Å². The van der Waals surface area contributed by atoms with Gasteiger partial charge in [-0.15, -0.1) is 5.10 Å². The molecule has 1 aromatic heterocycles. The fourth-order valence-electron chi connectivity index (χ4n) is 2.24. The maximum absolute atomic E-state index is 5.31. The van der Waals surface area contributed by atoms with Crippen LogP contribution >= 0.6 is 0 Å². The Morgan fingerprint density at radius 1 is 1.17 bits per heavy atom. The van der Waals surface area contributed by atoms with E-state index in [2.05, 4.69) is 32.3 Å². The number of hydrogen-bond donors (Lipinski definition) is 1. The molecule has 0 aliphatic rings. The lowest BCUT2D eigenvalue weighted by Crippen LogP contribution is -2.20. The van der Waals surface area contributed by atoms with Crippen molar-refractivity contribution < 1.29 is 9.47 Å². The van der Waals surface area contributed by atoms with Gasteiger partial charge in [0.05, 0.1) is 20.4 Å². The highest BCUT2D eigenvalue weighted by Crippen LogP contribution is 2.27. The summed E-state index contributed by atoms with van der Waals surface area (Å²) in [5.41, 5.74) is 1.04. The molecular weight excluding hydrogens is 306 g/mol. The van der Waals surface area contributed by atoms with Crippen LogP contribution in [-0.2, 0) is 6.54 Å². The van der Waals surface area contributed by atoms with Crippen LogP contribution in [0.15, 0.2) is 24.4 Å². The molecular formula is C17H25N5O2. The summed E-state index contributed by atoms with van der Waals surface area (Å²) in [6, 6.07) is 5.78. The number of methoxy groups -OCH3 is 2. The monoisotopic (exact) mass is 331 g/mol. The maximum Gasteiger partial charge on any atom is 0.244 e. The summed E-state index contributed by atoms with van der Waals surface area (Å²) in [5.74, 6) is 2.72. The lowest BCUT2D eigenvalue weighted by Gasteiger charge is -2.17. The molecule has 0 atom stereocenters. The van der Waals surface area contributed by atoms with Crippen LogP contribution in [0.2, 0.25) is 0 Å². The molecule has 1 N–H and O–H groups in total. The Labute approximate surface area is 143 Å². The standard InChI is InChI=1S/C17H25N5O2/c1-5-6-9-22(2)16-12-19-21-17(20-16)18-11-13-7-8-14(23-3)15(10-13)24-4/h7-8,10,12H,5-6,9,11H2,1-4H3,(H,18,20,21). The van der Waals surface area contributed by atoms with Crippen LogP contribution in [0.4, 0.5) is 11.8 Å². The molecule has 7 nitrogen and oxygen atoms in total. The van der Waals surface area contributed by atoms with Crippen molar-refractivity contribution in [1.82, 2.24) is 15.2 Å². The molecule has 0 aliphatic carbocycles. The van der Waals surface area contributed by atoms with Crippen LogP contribution in [0.5, 0.6) is 11.5 Å². The summed E-state index contributed by atoms with van der Waals surface area (Å²) < 4.78 is 10.6. The second kappa shape index (κ2) is 8.90. The molecule has 0 spiro atoms. The van der Waals surface area contributed by atoms with Gasteiger partial charge < -0.3 is 19.7 Å². The van der Waals surface area contributed by atoms with Gasteiger partial charge in [0.1, 0.15) is 0 Å². The number of nitrogens with one attached hydrogen (secondary N) is 1. The molecule has 1 heterocycles. The van der Waals surface area contributed by atoms with Gasteiger partial charge in [0.15, 0.2) is 17.3 Å². The topological polar surface area (TPSA) is 72.4 Å². The van der Waals surface area contributed by atoms with Crippen LogP contribution in [0, 0.1) is 0 Å². The van der Waals surface area contributed by atoms with Crippen LogP contribution in [0.1, 0.15) is 25.3 Å². The average Bonchev–Trinajstić information content (AvgIpc) is 2.64. The highest BCUT2D eigenvalue weighted by Gasteiger charge is 2.07. The van der Waals surface area contributed by atoms with E-state index >= 15 is 0 Å². The van der Waals surface area contributed by atoms with Crippen molar-refractivity contribution in [1.29, 1.82) is 0 Å². The maximum atomic E-state index is 5.31. The van der Waals surface area contributed by atoms with Gasteiger partial charge in [-0.3, -0.25) is 0 Å². The van der Waals surface area contributed by atoms with Crippen molar-refractivity contribution >= 4 is 11.8 Å². The Morgan fingerprint density at radius 3 is 2.67 bits per heavy atom. The first-order valence-corrected chi connectivity index (χ1v) is 8.03. The first-order valence-electron chi connectivity index (χ1n) is 8.03. The minimum Gasteiger partial charge on any atom is -0.493 e. The molecule has 0 saturated carbocycles. The van der Waals surface area contributed by atoms with Crippen molar-refractivity contribution in [3.8, 4) is 11.5 Å². The molecule has 0 saturated heterocycles. The SMILES string of the molecule is CCCCN(C)c1cnnc(NCc2ccc(OC)c(OC)c2)n1. The van der Waals surface area contributed by atoms with E-state index in [0.29, 0.717) is 24.0 Å². The van der Waals surface area contributed by atoms with Gasteiger partial charge in [0.25, 0.3) is 0 Å². The Hall–Kier alpha value is -2.57. The molecule has 130 valence electrons. The third-order valence-electron chi connectivity index (χ3n) is 3.68. The zero-order valence-electron chi connectivity index (χ0n) is 14.7. The van der Waals surface area contributed by atoms with Crippen molar-refractivity contribution in [3.63, 3.8) is 0 Å². The predicted molar refractivity (Wildman–Crippen MR) is 94.9 cm³/mol. The summed E-state index contributed by atoms with van der Waals surface area (Å²) in [4.78, 5) is 6.59. The molecule has 2 rings (SSSR count). The summed E-state index contributed by atoms with van der Waals surface area (Å²) in [5, 5.41) is 11.3. The predicted octanol–water partition coefficient (Wildman–Crippen LogP) is 2.74. The molecule has 24 heavy (non-hydrogen) atoms. The summed E-state index contributed by atoms with van der Waals surface area (Å²) in [6.45, 7) is 3.69. The van der Waals surface area contributed by atoms with Gasteiger partial charge in [0.2, 0.25) is 5.95 Å². The quantitative estimate of drug-likeness (QED) is 0.757. The number of benzene rings is 1. The number of hydrogen-bond acceptors (Lipinski definition) is 7. The van der Waals surface area contributed by atoms with Crippen molar-refractivity contribution in [2.24, 2.45) is 0 Å². The third kappa shape index (κ3) is 4.71. The van der Waals surface area contributed by atoms with Crippen LogP contribution in [-0.4, -0.2) is 43.0 Å². The fraction of sp³-hybridized carbons (Fsp3) is 0.471. The van der Waals surface area contributed by atoms with E-state index in [1.54, 1.807) is 20.4 Å². The Bertz CT molecular complexity index is 651. The third-order valence-corrected chi connectivity index (χ3v) is 3.68. The summed E-state index contributed by atoms with van der Waals surface area (Å²) in [6.07, 6.45) is 3.94. The number of unbranched alkanes of at least 4 members (excludes halogenated alkanes) is 1. The second-order valence-corrected chi connectivity index (χ2v) is 5.46. The Balaban J connectivity index is 2.01. The van der Waals surface area contributed by atoms with E-state index in [1.807, 2.05) is 25.2 Å². The molecule has 0 fully saturated rings. The fourth-order valence-corrected chi connectivity index (χ4v) is 2.24. The number of rotatable bonds is 9. The zero-order valence-corrected chi connectivity index (χ0v) is 14.7. The number of nitrogens with zero attached hydrogens (tertiary/aromatic N) is 4. The highest BCUT2D eigenvalue weighted by atomic mass is 16.5. The molecule has 0 aliphatic heterocycles.